The molecular formula is C25H22F2N2O3S2. The number of halogens is 2. The van der Waals surface area contributed by atoms with Gasteiger partial charge in [-0.3, -0.25) is 0 Å². The molecule has 0 spiro atoms. The van der Waals surface area contributed by atoms with E-state index in [9.17, 15) is 9.18 Å². The Morgan fingerprint density at radius 1 is 1.03 bits per heavy atom. The Hall–Kier alpha value is -3.17. The number of ether oxygens (including phenoxy) is 2. The number of benzene rings is 3. The van der Waals surface area contributed by atoms with Crippen molar-refractivity contribution in [1.29, 1.82) is 0 Å². The van der Waals surface area contributed by atoms with Gasteiger partial charge in [0.2, 0.25) is 0 Å². The average molecular weight is 501 g/mol. The Bertz CT molecular complexity index is 1170. The molecule has 1 aliphatic rings. The molecule has 4 rings (SSSR count). The highest BCUT2D eigenvalue weighted by Gasteiger charge is 2.23. The normalized spacial score (nSPS) is 15.0. The minimum atomic E-state index is -0.571. The van der Waals surface area contributed by atoms with E-state index in [2.05, 4.69) is 10.6 Å². The lowest BCUT2D eigenvalue weighted by molar-refractivity contribution is 0.262. The van der Waals surface area contributed by atoms with Crippen LogP contribution in [-0.4, -0.2) is 18.9 Å². The zero-order chi connectivity index (χ0) is 23.9. The predicted octanol–water partition coefficient (Wildman–Crippen LogP) is 7.19. The summed E-state index contributed by atoms with van der Waals surface area (Å²) >= 11 is 3.20. The molecule has 0 bridgehead atoms. The molecule has 2 amide bonds. The predicted molar refractivity (Wildman–Crippen MR) is 135 cm³/mol. The van der Waals surface area contributed by atoms with E-state index in [4.69, 9.17) is 9.47 Å². The number of rotatable bonds is 7. The van der Waals surface area contributed by atoms with Crippen LogP contribution >= 0.6 is 23.5 Å². The Morgan fingerprint density at radius 2 is 1.76 bits per heavy atom. The maximum atomic E-state index is 15.2. The highest BCUT2D eigenvalue weighted by molar-refractivity contribution is 8.18. The first-order valence-corrected chi connectivity index (χ1v) is 12.4. The number of thioether (sulfide) groups is 2. The lowest BCUT2D eigenvalue weighted by atomic mass is 10.1. The van der Waals surface area contributed by atoms with E-state index in [1.807, 2.05) is 35.7 Å². The standard InChI is InChI=1S/C25H22F2N2O3S2/c1-31-20-9-3-16(4-10-20)15-32-23-21(24-33-11-2-12-34-24)13-19(14-22(23)27)29-25(30)28-18-7-5-17(26)6-8-18/h2-11,13-14,24H,12,15H2,1H3,(H2,28,29,30). The summed E-state index contributed by atoms with van der Waals surface area (Å²) in [5, 5.41) is 7.23. The number of hydrogen-bond donors (Lipinski definition) is 2. The molecule has 5 nitrogen and oxygen atoms in total. The lowest BCUT2D eigenvalue weighted by Gasteiger charge is -2.22. The van der Waals surface area contributed by atoms with Crippen LogP contribution in [0.4, 0.5) is 25.0 Å². The number of nitrogens with one attached hydrogen (secondary N) is 2. The minimum absolute atomic E-state index is 0.0905. The Morgan fingerprint density at radius 3 is 2.44 bits per heavy atom. The van der Waals surface area contributed by atoms with Crippen LogP contribution in [0.3, 0.4) is 0 Å². The van der Waals surface area contributed by atoms with Crippen molar-refractivity contribution in [3.8, 4) is 11.5 Å². The number of anilines is 2. The monoisotopic (exact) mass is 500 g/mol. The first kappa shape index (κ1) is 24.0. The van der Waals surface area contributed by atoms with Crippen LogP contribution in [0.5, 0.6) is 11.5 Å². The van der Waals surface area contributed by atoms with Gasteiger partial charge in [0.15, 0.2) is 11.6 Å². The zero-order valence-corrected chi connectivity index (χ0v) is 19.8. The summed E-state index contributed by atoms with van der Waals surface area (Å²) in [4.78, 5) is 12.4. The first-order chi connectivity index (χ1) is 16.5. The van der Waals surface area contributed by atoms with Crippen molar-refractivity contribution in [2.75, 3.05) is 23.5 Å². The second kappa shape index (κ2) is 11.3. The smallest absolute Gasteiger partial charge is 0.323 e. The summed E-state index contributed by atoms with van der Waals surface area (Å²) in [5.41, 5.74) is 2.23. The van der Waals surface area contributed by atoms with Crippen molar-refractivity contribution in [2.45, 2.75) is 11.2 Å². The van der Waals surface area contributed by atoms with Gasteiger partial charge in [0.25, 0.3) is 0 Å². The summed E-state index contributed by atoms with van der Waals surface area (Å²) in [6, 6.07) is 15.1. The van der Waals surface area contributed by atoms with Crippen LogP contribution in [0.1, 0.15) is 15.7 Å². The van der Waals surface area contributed by atoms with Gasteiger partial charge < -0.3 is 20.1 Å². The molecule has 0 saturated carbocycles. The van der Waals surface area contributed by atoms with Gasteiger partial charge in [-0.05, 0) is 53.4 Å². The van der Waals surface area contributed by atoms with Crippen LogP contribution in [0, 0.1) is 11.6 Å². The van der Waals surface area contributed by atoms with Crippen molar-refractivity contribution in [2.24, 2.45) is 0 Å². The molecule has 1 heterocycles. The van der Waals surface area contributed by atoms with Crippen LogP contribution in [-0.2, 0) is 6.61 Å². The van der Waals surface area contributed by atoms with Crippen molar-refractivity contribution in [3.05, 3.63) is 94.9 Å². The van der Waals surface area contributed by atoms with E-state index in [0.717, 1.165) is 17.1 Å². The Balaban J connectivity index is 1.53. The van der Waals surface area contributed by atoms with E-state index in [-0.39, 0.29) is 16.9 Å². The van der Waals surface area contributed by atoms with Gasteiger partial charge in [0.1, 0.15) is 18.2 Å². The van der Waals surface area contributed by atoms with Crippen molar-refractivity contribution in [1.82, 2.24) is 0 Å². The largest absolute Gasteiger partial charge is 0.497 e. The maximum absolute atomic E-state index is 15.2. The number of carbonyl (C=O) groups is 1. The van der Waals surface area contributed by atoms with E-state index in [1.165, 1.54) is 30.3 Å². The van der Waals surface area contributed by atoms with Gasteiger partial charge >= 0.3 is 6.03 Å². The Kier molecular flexibility index (Phi) is 7.97. The number of amides is 2. The molecule has 9 heteroatoms. The van der Waals surface area contributed by atoms with Crippen LogP contribution in [0.15, 0.2) is 72.1 Å². The molecule has 3 aromatic carbocycles. The molecule has 0 saturated heterocycles. The second-order valence-electron chi connectivity index (χ2n) is 7.27. The fourth-order valence-electron chi connectivity index (χ4n) is 3.23. The second-order valence-corrected chi connectivity index (χ2v) is 9.72. The van der Waals surface area contributed by atoms with E-state index >= 15 is 4.39 Å². The summed E-state index contributed by atoms with van der Waals surface area (Å²) in [7, 11) is 1.59. The first-order valence-electron chi connectivity index (χ1n) is 10.4. The molecule has 1 atom stereocenters. The van der Waals surface area contributed by atoms with Crippen molar-refractivity contribution >= 4 is 40.9 Å². The zero-order valence-electron chi connectivity index (χ0n) is 18.2. The molecule has 0 radical (unpaired) electrons. The van der Waals surface area contributed by atoms with Crippen LogP contribution < -0.4 is 20.1 Å². The SMILES string of the molecule is COc1ccc(COc2c(F)cc(NC(=O)Nc3ccc(F)cc3)cc2C2SC=CCS2)cc1. The number of hydrogen-bond acceptors (Lipinski definition) is 5. The van der Waals surface area contributed by atoms with Crippen LogP contribution in [0.25, 0.3) is 0 Å². The van der Waals surface area contributed by atoms with Gasteiger partial charge in [-0.25, -0.2) is 13.6 Å². The average Bonchev–Trinajstić information content (AvgIpc) is 2.85. The van der Waals surface area contributed by atoms with Crippen molar-refractivity contribution in [3.63, 3.8) is 0 Å². The molecule has 34 heavy (non-hydrogen) atoms. The molecule has 1 aliphatic heterocycles. The summed E-state index contributed by atoms with van der Waals surface area (Å²) in [5.74, 6) is 0.700. The lowest BCUT2D eigenvalue weighted by Crippen LogP contribution is -2.19. The van der Waals surface area contributed by atoms with Gasteiger partial charge in [-0.2, -0.15) is 0 Å². The number of carbonyl (C=O) groups excluding carboxylic acids is 1. The van der Waals surface area contributed by atoms with E-state index in [0.29, 0.717) is 16.9 Å². The van der Waals surface area contributed by atoms with E-state index < -0.39 is 17.7 Å². The van der Waals surface area contributed by atoms with Crippen molar-refractivity contribution < 1.29 is 23.0 Å². The minimum Gasteiger partial charge on any atom is -0.497 e. The van der Waals surface area contributed by atoms with Gasteiger partial charge in [-0.1, -0.05) is 18.2 Å². The van der Waals surface area contributed by atoms with Gasteiger partial charge in [0.05, 0.1) is 11.7 Å². The fraction of sp³-hybridized carbons (Fsp3) is 0.160. The molecule has 0 aliphatic carbocycles. The third-order valence-corrected chi connectivity index (χ3v) is 7.40. The topological polar surface area (TPSA) is 59.6 Å². The highest BCUT2D eigenvalue weighted by Crippen LogP contribution is 2.48. The Labute approximate surface area is 204 Å². The number of methoxy groups -OCH3 is 1. The molecule has 0 fully saturated rings. The van der Waals surface area contributed by atoms with Gasteiger partial charge in [0, 0.05) is 28.8 Å². The summed E-state index contributed by atoms with van der Waals surface area (Å²) in [6.07, 6.45) is 2.04. The summed E-state index contributed by atoms with van der Waals surface area (Å²) in [6.45, 7) is 0.184. The van der Waals surface area contributed by atoms with E-state index in [1.54, 1.807) is 36.7 Å². The molecule has 2 N–H and O–H groups in total. The summed E-state index contributed by atoms with van der Waals surface area (Å²) < 4.78 is 39.3. The molecule has 1 unspecified atom stereocenters. The third-order valence-electron chi connectivity index (χ3n) is 4.87. The highest BCUT2D eigenvalue weighted by atomic mass is 32.2. The fourth-order valence-corrected chi connectivity index (χ4v) is 5.50. The van der Waals surface area contributed by atoms with Crippen LogP contribution in [0.2, 0.25) is 0 Å². The quantitative estimate of drug-likeness (QED) is 0.360. The number of urea groups is 1. The molecule has 176 valence electrons. The molecule has 3 aromatic rings. The third kappa shape index (κ3) is 6.24. The van der Waals surface area contributed by atoms with Gasteiger partial charge in [-0.15, -0.1) is 23.5 Å². The molecular weight excluding hydrogens is 478 g/mol. The molecule has 0 aromatic heterocycles. The maximum Gasteiger partial charge on any atom is 0.323 e.